The summed E-state index contributed by atoms with van der Waals surface area (Å²) in [4.78, 5) is 17.8. The lowest BCUT2D eigenvalue weighted by atomic mass is 10.2. The molecular formula is C12H16N6O. The van der Waals surface area contributed by atoms with Gasteiger partial charge in [0.1, 0.15) is 5.69 Å². The fourth-order valence-corrected chi connectivity index (χ4v) is 1.73. The first kappa shape index (κ1) is 13.0. The van der Waals surface area contributed by atoms with Gasteiger partial charge in [-0.05, 0) is 12.1 Å². The molecule has 0 unspecified atom stereocenters. The molecule has 19 heavy (non-hydrogen) atoms. The highest BCUT2D eigenvalue weighted by Gasteiger charge is 2.14. The molecule has 0 atom stereocenters. The third kappa shape index (κ3) is 3.08. The number of nitrogen functional groups attached to an aromatic ring is 1. The van der Waals surface area contributed by atoms with Crippen LogP contribution in [-0.2, 0) is 13.6 Å². The molecular weight excluding hydrogens is 244 g/mol. The molecule has 0 aliphatic heterocycles. The third-order valence-electron chi connectivity index (χ3n) is 2.67. The van der Waals surface area contributed by atoms with Crippen LogP contribution in [0.25, 0.3) is 0 Å². The zero-order valence-electron chi connectivity index (χ0n) is 10.9. The molecule has 0 aliphatic rings. The summed E-state index contributed by atoms with van der Waals surface area (Å²) < 4.78 is 1.70. The minimum absolute atomic E-state index is 0.166. The van der Waals surface area contributed by atoms with E-state index >= 15 is 0 Å². The Morgan fingerprint density at radius 3 is 3.00 bits per heavy atom. The van der Waals surface area contributed by atoms with Crippen LogP contribution in [0.4, 0.5) is 5.69 Å². The van der Waals surface area contributed by atoms with Crippen molar-refractivity contribution >= 4 is 11.6 Å². The van der Waals surface area contributed by atoms with Crippen molar-refractivity contribution in [2.75, 3.05) is 12.5 Å². The van der Waals surface area contributed by atoms with E-state index in [9.17, 15) is 4.79 Å². The number of nitrogens with one attached hydrogen (secondary N) is 1. The zero-order valence-corrected chi connectivity index (χ0v) is 10.9. The van der Waals surface area contributed by atoms with Crippen molar-refractivity contribution in [1.82, 2.24) is 19.7 Å². The predicted molar refractivity (Wildman–Crippen MR) is 71.1 cm³/mol. The Balaban J connectivity index is 2.09. The fourth-order valence-electron chi connectivity index (χ4n) is 1.73. The van der Waals surface area contributed by atoms with E-state index in [0.717, 1.165) is 5.56 Å². The van der Waals surface area contributed by atoms with E-state index in [1.165, 1.54) is 0 Å². The van der Waals surface area contributed by atoms with Crippen LogP contribution in [0.15, 0.2) is 30.7 Å². The summed E-state index contributed by atoms with van der Waals surface area (Å²) in [6.07, 6.45) is 5.14. The van der Waals surface area contributed by atoms with E-state index < -0.39 is 0 Å². The third-order valence-corrected chi connectivity index (χ3v) is 2.67. The van der Waals surface area contributed by atoms with E-state index in [-0.39, 0.29) is 5.91 Å². The number of aryl methyl sites for hydroxylation is 1. The van der Waals surface area contributed by atoms with Gasteiger partial charge in [0.25, 0.3) is 5.91 Å². The molecule has 100 valence electrons. The van der Waals surface area contributed by atoms with Gasteiger partial charge in [-0.3, -0.25) is 20.3 Å². The number of nitrogens with zero attached hydrogens (tertiary/aromatic N) is 4. The Bertz CT molecular complexity index is 579. The van der Waals surface area contributed by atoms with Crippen LogP contribution in [0, 0.1) is 0 Å². The largest absolute Gasteiger partial charge is 0.336 e. The first-order chi connectivity index (χ1) is 9.10. The molecule has 2 rings (SSSR count). The Morgan fingerprint density at radius 2 is 2.37 bits per heavy atom. The first-order valence-electron chi connectivity index (χ1n) is 5.76. The molecule has 2 heterocycles. The average Bonchev–Trinajstić information content (AvgIpc) is 2.83. The summed E-state index contributed by atoms with van der Waals surface area (Å²) in [6.45, 7) is 0.481. The van der Waals surface area contributed by atoms with Crippen molar-refractivity contribution in [2.24, 2.45) is 12.9 Å². The average molecular weight is 260 g/mol. The van der Waals surface area contributed by atoms with Crippen LogP contribution < -0.4 is 11.3 Å². The van der Waals surface area contributed by atoms with Gasteiger partial charge in [0.05, 0.1) is 11.9 Å². The van der Waals surface area contributed by atoms with Gasteiger partial charge >= 0.3 is 0 Å². The molecule has 0 aliphatic carbocycles. The maximum Gasteiger partial charge on any atom is 0.272 e. The monoisotopic (exact) mass is 260 g/mol. The molecule has 0 aromatic carbocycles. The van der Waals surface area contributed by atoms with Crippen LogP contribution >= 0.6 is 0 Å². The quantitative estimate of drug-likeness (QED) is 0.612. The molecule has 1 amide bonds. The topological polar surface area (TPSA) is 89.1 Å². The number of aromatic nitrogens is 3. The Morgan fingerprint density at radius 1 is 1.58 bits per heavy atom. The molecule has 7 heteroatoms. The normalized spacial score (nSPS) is 10.3. The second kappa shape index (κ2) is 5.49. The molecule has 0 saturated carbocycles. The van der Waals surface area contributed by atoms with Gasteiger partial charge < -0.3 is 10.3 Å². The van der Waals surface area contributed by atoms with Crippen LogP contribution in [0.1, 0.15) is 16.1 Å². The van der Waals surface area contributed by atoms with Crippen molar-refractivity contribution in [3.8, 4) is 0 Å². The van der Waals surface area contributed by atoms with Gasteiger partial charge in [-0.15, -0.1) is 0 Å². The van der Waals surface area contributed by atoms with Crippen LogP contribution in [0.5, 0.6) is 0 Å². The standard InChI is InChI=1S/C12H16N6O/c1-17(7-9-6-15-18(2)8-9)12(19)11-5-10(16-13)3-4-14-11/h3-6,8H,7,13H2,1-2H3,(H,14,16). The molecule has 3 N–H and O–H groups in total. The molecule has 7 nitrogen and oxygen atoms in total. The number of carbonyl (C=O) groups is 1. The molecule has 0 bridgehead atoms. The first-order valence-corrected chi connectivity index (χ1v) is 5.76. The van der Waals surface area contributed by atoms with Gasteiger partial charge in [0, 0.05) is 38.6 Å². The van der Waals surface area contributed by atoms with Gasteiger partial charge in [0.15, 0.2) is 0 Å². The van der Waals surface area contributed by atoms with E-state index in [1.807, 2.05) is 13.2 Å². The Labute approximate surface area is 111 Å². The number of hydrogen-bond acceptors (Lipinski definition) is 5. The minimum atomic E-state index is -0.166. The van der Waals surface area contributed by atoms with Crippen LogP contribution in [-0.4, -0.2) is 32.6 Å². The second-order valence-electron chi connectivity index (χ2n) is 4.26. The van der Waals surface area contributed by atoms with E-state index in [4.69, 9.17) is 5.84 Å². The number of rotatable bonds is 4. The SMILES string of the molecule is CN(Cc1cnn(C)c1)C(=O)c1cc(NN)ccn1. The Kier molecular flexibility index (Phi) is 3.76. The van der Waals surface area contributed by atoms with Gasteiger partial charge in [-0.1, -0.05) is 0 Å². The molecule has 2 aromatic rings. The number of amides is 1. The number of nitrogens with two attached hydrogens (primary N) is 1. The van der Waals surface area contributed by atoms with E-state index in [2.05, 4.69) is 15.5 Å². The lowest BCUT2D eigenvalue weighted by Crippen LogP contribution is -2.27. The molecule has 2 aromatic heterocycles. The summed E-state index contributed by atoms with van der Waals surface area (Å²) in [7, 11) is 3.56. The fraction of sp³-hybridized carbons (Fsp3) is 0.250. The number of anilines is 1. The summed E-state index contributed by atoms with van der Waals surface area (Å²) in [6, 6.07) is 3.31. The smallest absolute Gasteiger partial charge is 0.272 e. The maximum atomic E-state index is 12.2. The van der Waals surface area contributed by atoms with Crippen molar-refractivity contribution in [2.45, 2.75) is 6.54 Å². The Hall–Kier alpha value is -2.41. The lowest BCUT2D eigenvalue weighted by molar-refractivity contribution is 0.0779. The van der Waals surface area contributed by atoms with Crippen molar-refractivity contribution < 1.29 is 4.79 Å². The highest BCUT2D eigenvalue weighted by atomic mass is 16.2. The highest BCUT2D eigenvalue weighted by Crippen LogP contribution is 2.10. The zero-order chi connectivity index (χ0) is 13.8. The predicted octanol–water partition coefficient (Wildman–Crippen LogP) is 0.373. The molecule has 0 radical (unpaired) electrons. The number of hydrazine groups is 1. The van der Waals surface area contributed by atoms with Crippen molar-refractivity contribution in [1.29, 1.82) is 0 Å². The van der Waals surface area contributed by atoms with Gasteiger partial charge in [-0.2, -0.15) is 5.10 Å². The maximum absolute atomic E-state index is 12.2. The van der Waals surface area contributed by atoms with Crippen LogP contribution in [0.2, 0.25) is 0 Å². The van der Waals surface area contributed by atoms with Crippen LogP contribution in [0.3, 0.4) is 0 Å². The van der Waals surface area contributed by atoms with Gasteiger partial charge in [0.2, 0.25) is 0 Å². The summed E-state index contributed by atoms with van der Waals surface area (Å²) in [5.74, 6) is 5.14. The second-order valence-corrected chi connectivity index (χ2v) is 4.26. The highest BCUT2D eigenvalue weighted by molar-refractivity contribution is 5.92. The molecule has 0 saturated heterocycles. The number of pyridine rings is 1. The number of hydrogen-bond donors (Lipinski definition) is 2. The summed E-state index contributed by atoms with van der Waals surface area (Å²) in [5.41, 5.74) is 4.45. The van der Waals surface area contributed by atoms with Crippen molar-refractivity contribution in [3.63, 3.8) is 0 Å². The molecule has 0 fully saturated rings. The minimum Gasteiger partial charge on any atom is -0.336 e. The van der Waals surface area contributed by atoms with E-state index in [0.29, 0.717) is 17.9 Å². The summed E-state index contributed by atoms with van der Waals surface area (Å²) >= 11 is 0. The van der Waals surface area contributed by atoms with E-state index in [1.54, 1.807) is 41.2 Å². The summed E-state index contributed by atoms with van der Waals surface area (Å²) in [5, 5.41) is 4.07. The lowest BCUT2D eigenvalue weighted by Gasteiger charge is -2.15. The molecule has 0 spiro atoms. The van der Waals surface area contributed by atoms with Gasteiger partial charge in [-0.25, -0.2) is 0 Å². The number of carbonyl (C=O) groups excluding carboxylic acids is 1. The van der Waals surface area contributed by atoms with Crippen molar-refractivity contribution in [3.05, 3.63) is 42.0 Å².